The molecule has 0 amide bonds. The highest BCUT2D eigenvalue weighted by Gasteiger charge is 2.37. The molecule has 0 heterocycles. The van der Waals surface area contributed by atoms with Gasteiger partial charge in [0.2, 0.25) is 0 Å². The molecule has 0 bridgehead atoms. The van der Waals surface area contributed by atoms with Crippen molar-refractivity contribution in [1.82, 2.24) is 5.32 Å². The van der Waals surface area contributed by atoms with Crippen LogP contribution in [-0.2, 0) is 11.7 Å². The lowest BCUT2D eigenvalue weighted by molar-refractivity contribution is -0.137. The summed E-state index contributed by atoms with van der Waals surface area (Å²) in [6.45, 7) is 3.48. The fourth-order valence-corrected chi connectivity index (χ4v) is 1.70. The van der Waals surface area contributed by atoms with E-state index >= 15 is 0 Å². The summed E-state index contributed by atoms with van der Waals surface area (Å²) < 4.78 is 63.5. The molecular formula is C13H16F5N. The van der Waals surface area contributed by atoms with E-state index in [1.807, 2.05) is 6.92 Å². The number of nitrogens with one attached hydrogen (secondary N) is 1. The highest BCUT2D eigenvalue weighted by molar-refractivity contribution is 5.30. The highest BCUT2D eigenvalue weighted by atomic mass is 19.4. The molecule has 1 aromatic rings. The van der Waals surface area contributed by atoms with Crippen molar-refractivity contribution >= 4 is 0 Å². The summed E-state index contributed by atoms with van der Waals surface area (Å²) in [4.78, 5) is 0. The molecule has 0 saturated carbocycles. The van der Waals surface area contributed by atoms with Gasteiger partial charge in [-0.15, -0.1) is 0 Å². The Kier molecular flexibility index (Phi) is 4.90. The minimum atomic E-state index is -4.46. The Hall–Kier alpha value is -1.17. The average Bonchev–Trinajstić information content (AvgIpc) is 2.34. The molecule has 0 radical (unpaired) electrons. The van der Waals surface area contributed by atoms with Gasteiger partial charge in [0.05, 0.1) is 5.56 Å². The number of rotatable bonds is 5. The van der Waals surface area contributed by atoms with E-state index in [9.17, 15) is 22.0 Å². The molecule has 1 aromatic carbocycles. The topological polar surface area (TPSA) is 12.0 Å². The van der Waals surface area contributed by atoms with E-state index in [0.29, 0.717) is 13.0 Å². The van der Waals surface area contributed by atoms with Crippen molar-refractivity contribution in [1.29, 1.82) is 0 Å². The molecule has 0 fully saturated rings. The minimum absolute atomic E-state index is 0.143. The third kappa shape index (κ3) is 3.65. The average molecular weight is 281 g/mol. The first-order valence-electron chi connectivity index (χ1n) is 5.92. The second-order valence-corrected chi connectivity index (χ2v) is 4.50. The third-order valence-electron chi connectivity index (χ3n) is 2.99. The number of hydrogen-bond donors (Lipinski definition) is 1. The molecule has 0 spiro atoms. The molecule has 1 atom stereocenters. The molecule has 6 heteroatoms. The zero-order chi connectivity index (χ0) is 14.7. The summed E-state index contributed by atoms with van der Waals surface area (Å²) in [5.74, 6) is 0. The van der Waals surface area contributed by atoms with Gasteiger partial charge in [0.25, 0.3) is 6.43 Å². The Bertz CT molecular complexity index is 398. The second-order valence-electron chi connectivity index (χ2n) is 4.50. The van der Waals surface area contributed by atoms with Crippen molar-refractivity contribution in [2.45, 2.75) is 38.4 Å². The van der Waals surface area contributed by atoms with E-state index in [-0.39, 0.29) is 5.56 Å². The van der Waals surface area contributed by atoms with Crippen LogP contribution >= 0.6 is 0 Å². The van der Waals surface area contributed by atoms with Gasteiger partial charge in [-0.25, -0.2) is 8.78 Å². The van der Waals surface area contributed by atoms with Gasteiger partial charge in [0.1, 0.15) is 5.54 Å². The maximum atomic E-state index is 13.1. The molecule has 0 aliphatic heterocycles. The molecule has 19 heavy (non-hydrogen) atoms. The van der Waals surface area contributed by atoms with Crippen molar-refractivity contribution in [2.24, 2.45) is 0 Å². The van der Waals surface area contributed by atoms with Gasteiger partial charge in [0, 0.05) is 0 Å². The van der Waals surface area contributed by atoms with E-state index in [1.165, 1.54) is 6.92 Å². The lowest BCUT2D eigenvalue weighted by Crippen LogP contribution is -2.46. The van der Waals surface area contributed by atoms with Crippen LogP contribution in [0.2, 0.25) is 0 Å². The lowest BCUT2D eigenvalue weighted by atomic mass is 9.91. The molecule has 1 N–H and O–H groups in total. The monoisotopic (exact) mass is 281 g/mol. The Labute approximate surface area is 108 Å². The summed E-state index contributed by atoms with van der Waals surface area (Å²) in [5.41, 5.74) is -2.34. The van der Waals surface area contributed by atoms with Crippen LogP contribution in [-0.4, -0.2) is 13.0 Å². The predicted octanol–water partition coefficient (Wildman–Crippen LogP) is 4.19. The van der Waals surface area contributed by atoms with Crippen molar-refractivity contribution in [3.63, 3.8) is 0 Å². The van der Waals surface area contributed by atoms with E-state index in [0.717, 1.165) is 24.3 Å². The first kappa shape index (κ1) is 15.9. The van der Waals surface area contributed by atoms with Gasteiger partial charge < -0.3 is 5.32 Å². The Morgan fingerprint density at radius 2 is 1.53 bits per heavy atom. The largest absolute Gasteiger partial charge is 0.416 e. The van der Waals surface area contributed by atoms with Crippen LogP contribution in [0, 0.1) is 0 Å². The molecule has 0 aliphatic rings. The van der Waals surface area contributed by atoms with Gasteiger partial charge in [0.15, 0.2) is 0 Å². The predicted molar refractivity (Wildman–Crippen MR) is 63.1 cm³/mol. The third-order valence-corrected chi connectivity index (χ3v) is 2.99. The molecule has 1 nitrogen and oxygen atoms in total. The number of halogens is 5. The zero-order valence-corrected chi connectivity index (χ0v) is 10.7. The quantitative estimate of drug-likeness (QED) is 0.798. The van der Waals surface area contributed by atoms with Gasteiger partial charge in [-0.1, -0.05) is 19.1 Å². The second kappa shape index (κ2) is 5.86. The number of hydrogen-bond acceptors (Lipinski definition) is 1. The number of alkyl halides is 5. The van der Waals surface area contributed by atoms with E-state index in [4.69, 9.17) is 0 Å². The van der Waals surface area contributed by atoms with E-state index in [2.05, 4.69) is 5.32 Å². The SMILES string of the molecule is CCCNC(C)(c1ccc(C(F)(F)F)cc1)C(F)F. The maximum absolute atomic E-state index is 13.1. The number of benzene rings is 1. The van der Waals surface area contributed by atoms with Crippen LogP contribution in [0.1, 0.15) is 31.4 Å². The van der Waals surface area contributed by atoms with Gasteiger partial charge in [-0.3, -0.25) is 0 Å². The Morgan fingerprint density at radius 3 is 1.89 bits per heavy atom. The van der Waals surface area contributed by atoms with Crippen LogP contribution in [0.4, 0.5) is 22.0 Å². The summed E-state index contributed by atoms with van der Waals surface area (Å²) in [6.07, 6.45) is -6.52. The summed E-state index contributed by atoms with van der Waals surface area (Å²) in [5, 5.41) is 2.69. The molecule has 1 rings (SSSR count). The molecule has 108 valence electrons. The van der Waals surface area contributed by atoms with Crippen LogP contribution in [0.5, 0.6) is 0 Å². The van der Waals surface area contributed by atoms with Gasteiger partial charge >= 0.3 is 6.18 Å². The van der Waals surface area contributed by atoms with Crippen molar-refractivity contribution in [2.75, 3.05) is 6.54 Å². The zero-order valence-electron chi connectivity index (χ0n) is 10.7. The standard InChI is InChI=1S/C13H16F5N/c1-3-8-19-12(2,11(14)15)9-4-6-10(7-5-9)13(16,17)18/h4-7,11,19H,3,8H2,1-2H3. The van der Waals surface area contributed by atoms with Crippen LogP contribution in [0.3, 0.4) is 0 Å². The molecule has 0 aliphatic carbocycles. The minimum Gasteiger partial charge on any atom is -0.303 e. The fourth-order valence-electron chi connectivity index (χ4n) is 1.70. The van der Waals surface area contributed by atoms with Crippen LogP contribution in [0.25, 0.3) is 0 Å². The summed E-state index contributed by atoms with van der Waals surface area (Å²) >= 11 is 0. The summed E-state index contributed by atoms with van der Waals surface area (Å²) in [6, 6.07) is 3.84. The van der Waals surface area contributed by atoms with Crippen molar-refractivity contribution < 1.29 is 22.0 Å². The van der Waals surface area contributed by atoms with Crippen molar-refractivity contribution in [3.05, 3.63) is 35.4 Å². The smallest absolute Gasteiger partial charge is 0.303 e. The molecule has 0 aromatic heterocycles. The normalized spacial score (nSPS) is 15.6. The van der Waals surface area contributed by atoms with Crippen LogP contribution < -0.4 is 5.32 Å². The van der Waals surface area contributed by atoms with Gasteiger partial charge in [-0.2, -0.15) is 13.2 Å². The lowest BCUT2D eigenvalue weighted by Gasteiger charge is -2.31. The van der Waals surface area contributed by atoms with Crippen LogP contribution in [0.15, 0.2) is 24.3 Å². The highest BCUT2D eigenvalue weighted by Crippen LogP contribution is 2.33. The van der Waals surface area contributed by atoms with E-state index < -0.39 is 23.7 Å². The first-order valence-corrected chi connectivity index (χ1v) is 5.92. The fraction of sp³-hybridized carbons (Fsp3) is 0.538. The van der Waals surface area contributed by atoms with Crippen molar-refractivity contribution in [3.8, 4) is 0 Å². The van der Waals surface area contributed by atoms with Gasteiger partial charge in [-0.05, 0) is 37.6 Å². The maximum Gasteiger partial charge on any atom is 0.416 e. The van der Waals surface area contributed by atoms with E-state index in [1.54, 1.807) is 0 Å². The Morgan fingerprint density at radius 1 is 1.05 bits per heavy atom. The first-order chi connectivity index (χ1) is 8.71. The summed E-state index contributed by atoms with van der Waals surface area (Å²) in [7, 11) is 0. The molecular weight excluding hydrogens is 265 g/mol. The molecule has 1 unspecified atom stereocenters. The molecule has 0 saturated heterocycles. The Balaban J connectivity index is 3.04.